The summed E-state index contributed by atoms with van der Waals surface area (Å²) in [7, 11) is 0. The van der Waals surface area contributed by atoms with Gasteiger partial charge < -0.3 is 5.32 Å². The number of carbonyl (C=O) groups excluding carboxylic acids is 1. The van der Waals surface area contributed by atoms with Gasteiger partial charge in [0.05, 0.1) is 9.61 Å². The van der Waals surface area contributed by atoms with Crippen LogP contribution in [0.25, 0.3) is 0 Å². The second kappa shape index (κ2) is 3.63. The molecule has 1 unspecified atom stereocenters. The number of carbonyl (C=O) groups is 1. The predicted molar refractivity (Wildman–Crippen MR) is 68.3 cm³/mol. The van der Waals surface area contributed by atoms with E-state index >= 15 is 0 Å². The third-order valence-electron chi connectivity index (χ3n) is 3.58. The fourth-order valence-corrected chi connectivity index (χ4v) is 3.49. The molecule has 0 saturated heterocycles. The van der Waals surface area contributed by atoms with Crippen LogP contribution < -0.4 is 5.32 Å². The number of anilines is 1. The van der Waals surface area contributed by atoms with E-state index in [2.05, 4.69) is 27.9 Å². The van der Waals surface area contributed by atoms with Crippen molar-refractivity contribution in [2.24, 2.45) is 0 Å². The van der Waals surface area contributed by atoms with Gasteiger partial charge in [-0.15, -0.1) is 0 Å². The number of alkyl halides is 1. The molecule has 1 spiro atoms. The Hall–Kier alpha value is -0.720. The fraction of sp³-hybridized carbons (Fsp3) is 0.417. The second-order valence-corrected chi connectivity index (χ2v) is 6.26. The van der Waals surface area contributed by atoms with Crippen molar-refractivity contribution in [1.29, 1.82) is 0 Å². The molecule has 1 aromatic rings. The van der Waals surface area contributed by atoms with Crippen molar-refractivity contribution in [2.45, 2.75) is 28.6 Å². The van der Waals surface area contributed by atoms with Crippen LogP contribution in [-0.2, 0) is 10.2 Å². The Morgan fingerprint density at radius 3 is 2.71 bits per heavy atom. The summed E-state index contributed by atoms with van der Waals surface area (Å²) >= 11 is 2.06. The second-order valence-electron chi connectivity index (χ2n) is 4.75. The van der Waals surface area contributed by atoms with Crippen molar-refractivity contribution in [3.05, 3.63) is 29.3 Å². The molecule has 1 amide bonds. The molecule has 90 valence electrons. The van der Waals surface area contributed by atoms with E-state index in [1.165, 1.54) is 6.07 Å². The third kappa shape index (κ3) is 1.75. The number of halogens is 3. The van der Waals surface area contributed by atoms with Gasteiger partial charge in [-0.05, 0) is 36.3 Å². The zero-order valence-corrected chi connectivity index (χ0v) is 11.1. The summed E-state index contributed by atoms with van der Waals surface area (Å²) in [5.74, 6) is -1.44. The van der Waals surface area contributed by atoms with Gasteiger partial charge in [-0.3, -0.25) is 4.79 Å². The molecule has 0 aromatic heterocycles. The molecule has 1 N–H and O–H groups in total. The monoisotopic (exact) mass is 349 g/mol. The molecule has 1 aliphatic heterocycles. The molecule has 1 fully saturated rings. The highest BCUT2D eigenvalue weighted by molar-refractivity contribution is 14.1. The van der Waals surface area contributed by atoms with Crippen LogP contribution in [0.3, 0.4) is 0 Å². The van der Waals surface area contributed by atoms with Gasteiger partial charge >= 0.3 is 0 Å². The summed E-state index contributed by atoms with van der Waals surface area (Å²) in [6, 6.07) is 2.18. The van der Waals surface area contributed by atoms with Crippen LogP contribution >= 0.6 is 22.6 Å². The Labute approximate surface area is 111 Å². The van der Waals surface area contributed by atoms with Gasteiger partial charge in [0, 0.05) is 6.07 Å². The summed E-state index contributed by atoms with van der Waals surface area (Å²) in [5, 5.41) is 2.58. The van der Waals surface area contributed by atoms with Crippen LogP contribution in [0.1, 0.15) is 24.8 Å². The summed E-state index contributed by atoms with van der Waals surface area (Å²) in [4.78, 5) is 11.8. The quantitative estimate of drug-likeness (QED) is 0.566. The van der Waals surface area contributed by atoms with E-state index in [-0.39, 0.29) is 20.9 Å². The van der Waals surface area contributed by atoms with Crippen molar-refractivity contribution < 1.29 is 13.6 Å². The molecule has 3 rings (SSSR count). The average Bonchev–Trinajstić information content (AvgIpc) is 3.02. The summed E-state index contributed by atoms with van der Waals surface area (Å²) in [6.45, 7) is 0. The standard InChI is InChI=1S/C12H10F2INO/c13-6-3-7-10(8(14)4-6)16-11(17)9(15)5-12(7)1-2-12/h3-4,9H,1-2,5H2,(H,16,17). The highest BCUT2D eigenvalue weighted by Crippen LogP contribution is 2.56. The highest BCUT2D eigenvalue weighted by Gasteiger charge is 2.50. The third-order valence-corrected chi connectivity index (χ3v) is 4.59. The minimum Gasteiger partial charge on any atom is -0.322 e. The lowest BCUT2D eigenvalue weighted by Crippen LogP contribution is -2.22. The Kier molecular flexibility index (Phi) is 2.43. The molecular formula is C12H10F2INO. The number of nitrogens with one attached hydrogen (secondary N) is 1. The van der Waals surface area contributed by atoms with Crippen LogP contribution in [0.5, 0.6) is 0 Å². The van der Waals surface area contributed by atoms with E-state index in [4.69, 9.17) is 0 Å². The van der Waals surface area contributed by atoms with Crippen molar-refractivity contribution in [2.75, 3.05) is 5.32 Å². The average molecular weight is 349 g/mol. The van der Waals surface area contributed by atoms with E-state index in [9.17, 15) is 13.6 Å². The Bertz CT molecular complexity index is 513. The topological polar surface area (TPSA) is 29.1 Å². The van der Waals surface area contributed by atoms with E-state index < -0.39 is 11.6 Å². The maximum absolute atomic E-state index is 13.7. The number of hydrogen-bond acceptors (Lipinski definition) is 1. The first kappa shape index (κ1) is 11.4. The van der Waals surface area contributed by atoms with Gasteiger partial charge in [0.15, 0.2) is 0 Å². The molecule has 1 heterocycles. The van der Waals surface area contributed by atoms with E-state index in [0.717, 1.165) is 18.9 Å². The molecular weight excluding hydrogens is 339 g/mol. The first-order valence-electron chi connectivity index (χ1n) is 5.46. The van der Waals surface area contributed by atoms with Gasteiger partial charge in [-0.1, -0.05) is 22.6 Å². The Balaban J connectivity index is 2.19. The lowest BCUT2D eigenvalue weighted by molar-refractivity contribution is -0.115. The number of rotatable bonds is 0. The van der Waals surface area contributed by atoms with Crippen molar-refractivity contribution in [1.82, 2.24) is 0 Å². The predicted octanol–water partition coefficient (Wildman–Crippen LogP) is 3.14. The zero-order valence-electron chi connectivity index (χ0n) is 8.90. The first-order valence-corrected chi connectivity index (χ1v) is 6.71. The van der Waals surface area contributed by atoms with Gasteiger partial charge in [-0.25, -0.2) is 8.78 Å². The molecule has 2 nitrogen and oxygen atoms in total. The van der Waals surface area contributed by atoms with Gasteiger partial charge in [0.25, 0.3) is 0 Å². The van der Waals surface area contributed by atoms with Crippen LogP contribution in [0.2, 0.25) is 0 Å². The van der Waals surface area contributed by atoms with Gasteiger partial charge in [0.2, 0.25) is 5.91 Å². The van der Waals surface area contributed by atoms with Crippen LogP contribution in [0.4, 0.5) is 14.5 Å². The minimum atomic E-state index is -0.676. The smallest absolute Gasteiger partial charge is 0.237 e. The lowest BCUT2D eigenvalue weighted by Gasteiger charge is -2.16. The number of amides is 1. The minimum absolute atomic E-state index is 0.174. The molecule has 0 bridgehead atoms. The number of benzene rings is 1. The fourth-order valence-electron chi connectivity index (χ4n) is 2.49. The van der Waals surface area contributed by atoms with Gasteiger partial charge in [0.1, 0.15) is 11.6 Å². The van der Waals surface area contributed by atoms with Crippen molar-refractivity contribution >= 4 is 34.2 Å². The van der Waals surface area contributed by atoms with Crippen LogP contribution in [0.15, 0.2) is 12.1 Å². The number of fused-ring (bicyclic) bond motifs is 2. The molecule has 1 atom stereocenters. The summed E-state index contributed by atoms with van der Waals surface area (Å²) in [5.41, 5.74) is 0.610. The van der Waals surface area contributed by atoms with Crippen molar-refractivity contribution in [3.8, 4) is 0 Å². The molecule has 17 heavy (non-hydrogen) atoms. The largest absolute Gasteiger partial charge is 0.322 e. The van der Waals surface area contributed by atoms with Crippen LogP contribution in [0, 0.1) is 11.6 Å². The normalized spacial score (nSPS) is 25.1. The van der Waals surface area contributed by atoms with Gasteiger partial charge in [-0.2, -0.15) is 0 Å². The molecule has 2 aliphatic rings. The SMILES string of the molecule is O=C1Nc2c(F)cc(F)cc2C2(CC2)CC1I. The molecule has 0 radical (unpaired) electrons. The van der Waals surface area contributed by atoms with E-state index in [0.29, 0.717) is 12.0 Å². The lowest BCUT2D eigenvalue weighted by atomic mass is 9.90. The maximum atomic E-state index is 13.7. The zero-order chi connectivity index (χ0) is 12.2. The first-order chi connectivity index (χ1) is 8.02. The molecule has 5 heteroatoms. The summed E-state index contributed by atoms with van der Waals surface area (Å²) in [6.07, 6.45) is 2.46. The number of hydrogen-bond donors (Lipinski definition) is 1. The highest BCUT2D eigenvalue weighted by atomic mass is 127. The van der Waals surface area contributed by atoms with Crippen LogP contribution in [-0.4, -0.2) is 9.83 Å². The molecule has 1 aromatic carbocycles. The maximum Gasteiger partial charge on any atom is 0.237 e. The Morgan fingerprint density at radius 2 is 2.06 bits per heavy atom. The Morgan fingerprint density at radius 1 is 1.35 bits per heavy atom. The van der Waals surface area contributed by atoms with Crippen molar-refractivity contribution in [3.63, 3.8) is 0 Å². The van der Waals surface area contributed by atoms with E-state index in [1.54, 1.807) is 0 Å². The summed E-state index contributed by atoms with van der Waals surface area (Å²) < 4.78 is 26.8. The molecule has 1 aliphatic carbocycles. The molecule has 1 saturated carbocycles. The van der Waals surface area contributed by atoms with E-state index in [1.807, 2.05) is 0 Å².